The van der Waals surface area contributed by atoms with Gasteiger partial charge in [-0.1, -0.05) is 164 Å². The number of aromatic nitrogens is 1. The van der Waals surface area contributed by atoms with Crippen molar-refractivity contribution >= 4 is 33.2 Å². The number of allylic oxidation sites excluding steroid dienone is 2. The Morgan fingerprint density at radius 3 is 1.54 bits per heavy atom. The van der Waals surface area contributed by atoms with Crippen molar-refractivity contribution < 1.29 is 0 Å². The summed E-state index contributed by atoms with van der Waals surface area (Å²) in [6.45, 7) is 2.39. The molecule has 0 saturated carbocycles. The summed E-state index contributed by atoms with van der Waals surface area (Å²) in [5, 5.41) is 2.52. The van der Waals surface area contributed by atoms with Gasteiger partial charge >= 0.3 is 0 Å². The summed E-state index contributed by atoms with van der Waals surface area (Å²) in [6.07, 6.45) is 9.17. The van der Waals surface area contributed by atoms with Gasteiger partial charge in [0, 0.05) is 33.2 Å². The van der Waals surface area contributed by atoms with Crippen LogP contribution in [0, 0.1) is 0 Å². The molecule has 2 unspecified atom stereocenters. The maximum absolute atomic E-state index is 2.53. The molecule has 0 amide bonds. The van der Waals surface area contributed by atoms with Crippen LogP contribution >= 0.6 is 0 Å². The predicted octanol–water partition coefficient (Wildman–Crippen LogP) is 14.4. The highest BCUT2D eigenvalue weighted by Crippen LogP contribution is 2.52. The number of hydrogen-bond acceptors (Lipinski definition) is 1. The van der Waals surface area contributed by atoms with Crippen LogP contribution in [0.15, 0.2) is 218 Å². The molecule has 8 aromatic carbocycles. The van der Waals surface area contributed by atoms with Gasteiger partial charge in [-0.05, 0) is 112 Å². The zero-order valence-corrected chi connectivity index (χ0v) is 31.8. The lowest BCUT2D eigenvalue weighted by Gasteiger charge is -2.34. The highest BCUT2D eigenvalue weighted by atomic mass is 15.2. The topological polar surface area (TPSA) is 8.17 Å². The van der Waals surface area contributed by atoms with Crippen molar-refractivity contribution in [3.63, 3.8) is 0 Å². The number of hydrogen-bond donors (Lipinski definition) is 0. The van der Waals surface area contributed by atoms with E-state index in [4.69, 9.17) is 0 Å². The van der Waals surface area contributed by atoms with Crippen molar-refractivity contribution in [2.45, 2.75) is 18.4 Å². The Kier molecular flexibility index (Phi) is 7.72. The molecular weight excluding hydrogens is 689 g/mol. The minimum Gasteiger partial charge on any atom is -0.333 e. The van der Waals surface area contributed by atoms with Crippen molar-refractivity contribution in [1.82, 2.24) is 4.57 Å². The Morgan fingerprint density at radius 2 is 0.895 bits per heavy atom. The molecule has 2 nitrogen and oxygen atoms in total. The number of para-hydroxylation sites is 1. The fourth-order valence-electron chi connectivity index (χ4n) is 9.30. The number of anilines is 2. The van der Waals surface area contributed by atoms with Gasteiger partial charge in [-0.15, -0.1) is 0 Å². The van der Waals surface area contributed by atoms with Gasteiger partial charge in [-0.3, -0.25) is 0 Å². The van der Waals surface area contributed by atoms with E-state index in [0.29, 0.717) is 0 Å². The van der Waals surface area contributed by atoms with E-state index in [-0.39, 0.29) is 11.5 Å². The largest absolute Gasteiger partial charge is 0.333 e. The van der Waals surface area contributed by atoms with E-state index in [2.05, 4.69) is 235 Å². The van der Waals surface area contributed by atoms with Crippen LogP contribution < -0.4 is 4.90 Å². The van der Waals surface area contributed by atoms with Crippen LogP contribution in [0.1, 0.15) is 12.5 Å². The summed E-state index contributed by atoms with van der Waals surface area (Å²) in [5.74, 6) is 0. The minimum absolute atomic E-state index is 0.169. The molecule has 11 rings (SSSR count). The molecule has 0 saturated heterocycles. The standard InChI is InChI=1S/C55H40N2/c1-55-35-11-10-18-54(55)57(47-31-25-43(26-32-47)41-21-19-40(20-22-41)38-12-4-2-5-13-38)53-34-28-45(37-50(53)55)44-27-33-52-49(36-44)48-16-8-9-17-51(48)56(52)46-29-23-42(24-30-46)39-14-6-3-7-15-39/h2-37,54H,1H3. The maximum Gasteiger partial charge on any atom is 0.0655 e. The Hall–Kier alpha value is -7.16. The van der Waals surface area contributed by atoms with Gasteiger partial charge in [0.15, 0.2) is 0 Å². The molecule has 2 atom stereocenters. The zero-order valence-electron chi connectivity index (χ0n) is 31.8. The van der Waals surface area contributed by atoms with Crippen molar-refractivity contribution in [1.29, 1.82) is 0 Å². The van der Waals surface area contributed by atoms with Crippen LogP contribution in [0.2, 0.25) is 0 Å². The second-order valence-electron chi connectivity index (χ2n) is 15.6. The third kappa shape index (κ3) is 5.48. The average molecular weight is 729 g/mol. The normalized spacial score (nSPS) is 16.9. The second-order valence-corrected chi connectivity index (χ2v) is 15.6. The van der Waals surface area contributed by atoms with E-state index in [1.807, 2.05) is 0 Å². The summed E-state index contributed by atoms with van der Waals surface area (Å²) >= 11 is 0. The Morgan fingerprint density at radius 1 is 0.404 bits per heavy atom. The van der Waals surface area contributed by atoms with Crippen LogP contribution in [-0.2, 0) is 5.41 Å². The first-order chi connectivity index (χ1) is 28.1. The number of rotatable bonds is 6. The van der Waals surface area contributed by atoms with Gasteiger partial charge in [-0.25, -0.2) is 0 Å². The van der Waals surface area contributed by atoms with Crippen molar-refractivity contribution in [3.05, 3.63) is 224 Å². The smallest absolute Gasteiger partial charge is 0.0655 e. The van der Waals surface area contributed by atoms with Crippen LogP contribution in [0.25, 0.3) is 72.0 Å². The van der Waals surface area contributed by atoms with E-state index in [1.165, 1.54) is 83.3 Å². The molecule has 0 fully saturated rings. The molecule has 2 aliphatic rings. The lowest BCUT2D eigenvalue weighted by Crippen LogP contribution is -2.39. The minimum atomic E-state index is -0.169. The van der Waals surface area contributed by atoms with E-state index in [1.54, 1.807) is 0 Å². The molecule has 2 heteroatoms. The fraction of sp³-hybridized carbons (Fsp3) is 0.0545. The van der Waals surface area contributed by atoms with Gasteiger partial charge in [0.05, 0.1) is 17.1 Å². The Labute approximate surface area is 333 Å². The molecule has 270 valence electrons. The molecule has 0 bridgehead atoms. The van der Waals surface area contributed by atoms with Crippen molar-refractivity contribution in [2.24, 2.45) is 0 Å². The molecular formula is C55H40N2. The van der Waals surface area contributed by atoms with Crippen LogP contribution in [0.4, 0.5) is 11.4 Å². The van der Waals surface area contributed by atoms with E-state index >= 15 is 0 Å². The van der Waals surface area contributed by atoms with Crippen molar-refractivity contribution in [2.75, 3.05) is 4.90 Å². The van der Waals surface area contributed by atoms with Crippen molar-refractivity contribution in [3.8, 4) is 50.2 Å². The summed E-state index contributed by atoms with van der Waals surface area (Å²) in [6, 6.07) is 71.2. The maximum atomic E-state index is 2.53. The first kappa shape index (κ1) is 33.2. The third-order valence-corrected chi connectivity index (χ3v) is 12.3. The zero-order chi connectivity index (χ0) is 37.9. The van der Waals surface area contributed by atoms with Gasteiger partial charge in [0.2, 0.25) is 0 Å². The molecule has 9 aromatic rings. The van der Waals surface area contributed by atoms with Gasteiger partial charge < -0.3 is 9.47 Å². The van der Waals surface area contributed by atoms with E-state index < -0.39 is 0 Å². The lowest BCUT2D eigenvalue weighted by molar-refractivity contribution is 0.551. The SMILES string of the molecule is CC12C=CC=CC1N(c1ccc(-c3ccc(-c4ccccc4)cc3)cc1)c1ccc(-c3ccc4c(c3)c3ccccc3n4-c3ccc(-c4ccccc4)cc3)cc12. The fourth-order valence-corrected chi connectivity index (χ4v) is 9.30. The van der Waals surface area contributed by atoms with Gasteiger partial charge in [0.1, 0.15) is 0 Å². The lowest BCUT2D eigenvalue weighted by atomic mass is 9.75. The van der Waals surface area contributed by atoms with Crippen LogP contribution in [-0.4, -0.2) is 10.6 Å². The predicted molar refractivity (Wildman–Crippen MR) is 241 cm³/mol. The highest BCUT2D eigenvalue weighted by molar-refractivity contribution is 6.10. The first-order valence-corrected chi connectivity index (χ1v) is 19.9. The van der Waals surface area contributed by atoms with Gasteiger partial charge in [-0.2, -0.15) is 0 Å². The highest BCUT2D eigenvalue weighted by Gasteiger charge is 2.46. The second kappa shape index (κ2) is 13.3. The Bertz CT molecular complexity index is 2990. The molecule has 1 aliphatic heterocycles. The summed E-state index contributed by atoms with van der Waals surface area (Å²) in [4.78, 5) is 2.53. The summed E-state index contributed by atoms with van der Waals surface area (Å²) < 4.78 is 2.40. The monoisotopic (exact) mass is 728 g/mol. The molecule has 1 aromatic heterocycles. The number of benzene rings is 8. The molecule has 57 heavy (non-hydrogen) atoms. The summed E-state index contributed by atoms with van der Waals surface area (Å²) in [7, 11) is 0. The molecule has 1 aliphatic carbocycles. The van der Waals surface area contributed by atoms with Crippen LogP contribution in [0.3, 0.4) is 0 Å². The van der Waals surface area contributed by atoms with Crippen LogP contribution in [0.5, 0.6) is 0 Å². The van der Waals surface area contributed by atoms with E-state index in [0.717, 1.165) is 5.69 Å². The molecule has 0 radical (unpaired) electrons. The number of nitrogens with zero attached hydrogens (tertiary/aromatic N) is 2. The quantitative estimate of drug-likeness (QED) is 0.165. The summed E-state index contributed by atoms with van der Waals surface area (Å²) in [5.41, 5.74) is 17.1. The number of fused-ring (bicyclic) bond motifs is 6. The average Bonchev–Trinajstić information content (AvgIpc) is 3.75. The van der Waals surface area contributed by atoms with E-state index in [9.17, 15) is 0 Å². The van der Waals surface area contributed by atoms with Gasteiger partial charge in [0.25, 0.3) is 0 Å². The molecule has 2 heterocycles. The third-order valence-electron chi connectivity index (χ3n) is 12.3. The molecule has 0 N–H and O–H groups in total. The molecule has 0 spiro atoms. The first-order valence-electron chi connectivity index (χ1n) is 19.9. The Balaban J connectivity index is 0.944.